The van der Waals surface area contributed by atoms with Gasteiger partial charge >= 0.3 is 0 Å². The molecule has 0 saturated heterocycles. The lowest BCUT2D eigenvalue weighted by Gasteiger charge is -2.03. The Balaban J connectivity index is 2.38. The quantitative estimate of drug-likeness (QED) is 0.786. The molecule has 0 fully saturated rings. The molecule has 0 bridgehead atoms. The summed E-state index contributed by atoms with van der Waals surface area (Å²) in [5.74, 6) is 0.909. The van der Waals surface area contributed by atoms with Gasteiger partial charge in [-0.3, -0.25) is 4.57 Å². The third-order valence-electron chi connectivity index (χ3n) is 2.04. The predicted octanol–water partition coefficient (Wildman–Crippen LogP) is 1.98. The normalized spacial score (nSPS) is 10.7. The standard InChI is InChI=1S/C9H11BrN4/c1-2-13-4-3-11-9(13)14-6-8(5-10)12-7-14/h3-4,6-7H,2,5H2,1H3. The molecule has 0 aliphatic carbocycles. The molecule has 0 aromatic carbocycles. The minimum absolute atomic E-state index is 0.771. The zero-order chi connectivity index (χ0) is 9.97. The molecular weight excluding hydrogens is 244 g/mol. The van der Waals surface area contributed by atoms with Gasteiger partial charge in [-0.05, 0) is 6.92 Å². The van der Waals surface area contributed by atoms with Gasteiger partial charge in [-0.2, -0.15) is 0 Å². The smallest absolute Gasteiger partial charge is 0.215 e. The van der Waals surface area contributed by atoms with Crippen molar-refractivity contribution in [2.45, 2.75) is 18.8 Å². The van der Waals surface area contributed by atoms with E-state index in [-0.39, 0.29) is 0 Å². The van der Waals surface area contributed by atoms with Crippen LogP contribution in [0.2, 0.25) is 0 Å². The Kier molecular flexibility index (Phi) is 2.67. The highest BCUT2D eigenvalue weighted by molar-refractivity contribution is 9.08. The van der Waals surface area contributed by atoms with E-state index in [4.69, 9.17) is 0 Å². The lowest BCUT2D eigenvalue weighted by molar-refractivity contribution is 0.719. The highest BCUT2D eigenvalue weighted by Crippen LogP contribution is 2.08. The SMILES string of the molecule is CCn1ccnc1-n1cnc(CBr)c1. The molecule has 2 rings (SSSR count). The van der Waals surface area contributed by atoms with E-state index < -0.39 is 0 Å². The molecule has 0 atom stereocenters. The van der Waals surface area contributed by atoms with E-state index in [9.17, 15) is 0 Å². The molecule has 74 valence electrons. The van der Waals surface area contributed by atoms with Gasteiger partial charge in [0.15, 0.2) is 0 Å². The van der Waals surface area contributed by atoms with E-state index in [1.807, 2.05) is 17.0 Å². The van der Waals surface area contributed by atoms with Gasteiger partial charge in [-0.15, -0.1) is 0 Å². The van der Waals surface area contributed by atoms with Crippen LogP contribution in [-0.2, 0) is 11.9 Å². The Hall–Kier alpha value is -1.10. The molecular formula is C9H11BrN4. The predicted molar refractivity (Wildman–Crippen MR) is 57.7 cm³/mol. The minimum Gasteiger partial charge on any atom is -0.317 e. The van der Waals surface area contributed by atoms with Crippen molar-refractivity contribution >= 4 is 15.9 Å². The summed E-state index contributed by atoms with van der Waals surface area (Å²) in [5, 5.41) is 0.771. The van der Waals surface area contributed by atoms with E-state index >= 15 is 0 Å². The van der Waals surface area contributed by atoms with E-state index in [0.29, 0.717) is 0 Å². The van der Waals surface area contributed by atoms with Gasteiger partial charge in [0.25, 0.3) is 0 Å². The second-order valence-electron chi connectivity index (χ2n) is 2.92. The Morgan fingerprint density at radius 3 is 2.93 bits per heavy atom. The molecule has 0 aliphatic heterocycles. The summed E-state index contributed by atoms with van der Waals surface area (Å²) in [6.07, 6.45) is 7.52. The van der Waals surface area contributed by atoms with E-state index in [2.05, 4.69) is 37.4 Å². The molecule has 14 heavy (non-hydrogen) atoms. The Morgan fingerprint density at radius 1 is 1.43 bits per heavy atom. The molecule has 4 nitrogen and oxygen atoms in total. The van der Waals surface area contributed by atoms with Crippen LogP contribution in [0.3, 0.4) is 0 Å². The van der Waals surface area contributed by atoms with Crippen molar-refractivity contribution in [2.75, 3.05) is 0 Å². The van der Waals surface area contributed by atoms with Crippen molar-refractivity contribution in [3.05, 3.63) is 30.6 Å². The third kappa shape index (κ3) is 1.59. The molecule has 0 unspecified atom stereocenters. The maximum atomic E-state index is 4.28. The van der Waals surface area contributed by atoms with Gasteiger partial charge in [0.2, 0.25) is 5.95 Å². The Bertz CT molecular complexity index is 418. The summed E-state index contributed by atoms with van der Waals surface area (Å²) in [4.78, 5) is 8.50. The van der Waals surface area contributed by atoms with Crippen molar-refractivity contribution in [3.8, 4) is 5.95 Å². The summed E-state index contributed by atoms with van der Waals surface area (Å²) in [6.45, 7) is 3.00. The van der Waals surface area contributed by atoms with Gasteiger partial charge < -0.3 is 4.57 Å². The van der Waals surface area contributed by atoms with Gasteiger partial charge in [-0.25, -0.2) is 9.97 Å². The largest absolute Gasteiger partial charge is 0.317 e. The van der Waals surface area contributed by atoms with Crippen molar-refractivity contribution in [1.82, 2.24) is 19.1 Å². The van der Waals surface area contributed by atoms with Crippen molar-refractivity contribution in [3.63, 3.8) is 0 Å². The van der Waals surface area contributed by atoms with Crippen LogP contribution in [0.1, 0.15) is 12.6 Å². The second-order valence-corrected chi connectivity index (χ2v) is 3.48. The molecule has 5 heteroatoms. The first-order valence-electron chi connectivity index (χ1n) is 4.45. The first kappa shape index (κ1) is 9.45. The maximum Gasteiger partial charge on any atom is 0.215 e. The summed E-state index contributed by atoms with van der Waals surface area (Å²) in [6, 6.07) is 0. The monoisotopic (exact) mass is 254 g/mol. The average Bonchev–Trinajstić information content (AvgIpc) is 2.85. The molecule has 0 N–H and O–H groups in total. The molecule has 0 amide bonds. The Morgan fingerprint density at radius 2 is 2.29 bits per heavy atom. The van der Waals surface area contributed by atoms with Crippen LogP contribution in [-0.4, -0.2) is 19.1 Å². The highest BCUT2D eigenvalue weighted by Gasteiger charge is 2.04. The number of aromatic nitrogens is 4. The fraction of sp³-hybridized carbons (Fsp3) is 0.333. The average molecular weight is 255 g/mol. The third-order valence-corrected chi connectivity index (χ3v) is 2.61. The van der Waals surface area contributed by atoms with Crippen LogP contribution >= 0.6 is 15.9 Å². The summed E-state index contributed by atoms with van der Waals surface area (Å²) >= 11 is 3.37. The molecule has 0 radical (unpaired) electrons. The number of hydrogen-bond donors (Lipinski definition) is 0. The van der Waals surface area contributed by atoms with E-state index in [0.717, 1.165) is 23.5 Å². The van der Waals surface area contributed by atoms with E-state index in [1.54, 1.807) is 12.5 Å². The van der Waals surface area contributed by atoms with Gasteiger partial charge in [0, 0.05) is 30.5 Å². The van der Waals surface area contributed by atoms with Crippen LogP contribution < -0.4 is 0 Å². The van der Waals surface area contributed by atoms with Crippen molar-refractivity contribution in [1.29, 1.82) is 0 Å². The lowest BCUT2D eigenvalue weighted by atomic mass is 10.6. The van der Waals surface area contributed by atoms with Gasteiger partial charge in [-0.1, -0.05) is 15.9 Å². The molecule has 0 saturated carbocycles. The van der Waals surface area contributed by atoms with E-state index in [1.165, 1.54) is 0 Å². The summed E-state index contributed by atoms with van der Waals surface area (Å²) < 4.78 is 4.00. The van der Waals surface area contributed by atoms with Crippen molar-refractivity contribution in [2.24, 2.45) is 0 Å². The van der Waals surface area contributed by atoms with Crippen LogP contribution in [0, 0.1) is 0 Å². The van der Waals surface area contributed by atoms with Crippen LogP contribution in [0.25, 0.3) is 5.95 Å². The molecule has 2 aromatic rings. The summed E-state index contributed by atoms with van der Waals surface area (Å²) in [5.41, 5.74) is 1.01. The molecule has 0 spiro atoms. The highest BCUT2D eigenvalue weighted by atomic mass is 79.9. The number of rotatable bonds is 3. The number of imidazole rings is 2. The number of nitrogens with zero attached hydrogens (tertiary/aromatic N) is 4. The van der Waals surface area contributed by atoms with Crippen LogP contribution in [0.5, 0.6) is 0 Å². The maximum absolute atomic E-state index is 4.28. The topological polar surface area (TPSA) is 35.6 Å². The second kappa shape index (κ2) is 3.96. The fourth-order valence-electron chi connectivity index (χ4n) is 1.33. The lowest BCUT2D eigenvalue weighted by Crippen LogP contribution is -2.02. The zero-order valence-electron chi connectivity index (χ0n) is 7.89. The molecule has 0 aliphatic rings. The molecule has 2 heterocycles. The Labute approximate surface area is 90.7 Å². The minimum atomic E-state index is 0.771. The van der Waals surface area contributed by atoms with Crippen LogP contribution in [0.4, 0.5) is 0 Å². The number of hydrogen-bond acceptors (Lipinski definition) is 2. The van der Waals surface area contributed by atoms with Gasteiger partial charge in [0.05, 0.1) is 5.69 Å². The van der Waals surface area contributed by atoms with Crippen molar-refractivity contribution < 1.29 is 0 Å². The molecule has 2 aromatic heterocycles. The summed E-state index contributed by atoms with van der Waals surface area (Å²) in [7, 11) is 0. The number of aryl methyl sites for hydroxylation is 1. The number of halogens is 1. The van der Waals surface area contributed by atoms with Crippen LogP contribution in [0.15, 0.2) is 24.9 Å². The fourth-order valence-corrected chi connectivity index (χ4v) is 1.61. The zero-order valence-corrected chi connectivity index (χ0v) is 9.48. The first-order chi connectivity index (χ1) is 6.85. The first-order valence-corrected chi connectivity index (χ1v) is 5.57. The van der Waals surface area contributed by atoms with Gasteiger partial charge in [0.1, 0.15) is 6.33 Å². The number of alkyl halides is 1.